The molecule has 0 fully saturated rings. The van der Waals surface area contributed by atoms with Crippen LogP contribution in [0.15, 0.2) is 73.1 Å². The van der Waals surface area contributed by atoms with Gasteiger partial charge in [0.25, 0.3) is 5.91 Å². The molecule has 28 heavy (non-hydrogen) atoms. The molecule has 0 bridgehead atoms. The normalized spacial score (nSPS) is 10.8. The second-order valence-electron chi connectivity index (χ2n) is 6.17. The number of carbonyl (C=O) groups is 1. The summed E-state index contributed by atoms with van der Waals surface area (Å²) in [4.78, 5) is 23.7. The quantitative estimate of drug-likeness (QED) is 0.469. The van der Waals surface area contributed by atoms with Crippen LogP contribution in [0.3, 0.4) is 0 Å². The first kappa shape index (κ1) is 18.1. The molecule has 0 aliphatic heterocycles. The van der Waals surface area contributed by atoms with E-state index in [-0.39, 0.29) is 5.91 Å². The molecule has 0 N–H and O–H groups in total. The second-order valence-corrected chi connectivity index (χ2v) is 7.18. The minimum absolute atomic E-state index is 0.102. The topological polar surface area (TPSA) is 55.3 Å². The fourth-order valence-corrected chi connectivity index (χ4v) is 3.90. The number of hydrogen-bond donors (Lipinski definition) is 0. The van der Waals surface area contributed by atoms with Crippen molar-refractivity contribution >= 4 is 32.6 Å². The molecule has 0 atom stereocenters. The Labute approximate surface area is 167 Å². The first-order valence-corrected chi connectivity index (χ1v) is 9.85. The summed E-state index contributed by atoms with van der Waals surface area (Å²) in [6.07, 6.45) is 3.25. The lowest BCUT2D eigenvalue weighted by Gasteiger charge is -2.20. The highest BCUT2D eigenvalue weighted by Crippen LogP contribution is 2.33. The van der Waals surface area contributed by atoms with E-state index in [2.05, 4.69) is 4.98 Å². The van der Waals surface area contributed by atoms with Crippen LogP contribution in [0.5, 0.6) is 5.75 Å². The number of nitrogens with zero attached hydrogens (tertiary/aromatic N) is 3. The summed E-state index contributed by atoms with van der Waals surface area (Å²) < 4.78 is 6.58. The van der Waals surface area contributed by atoms with E-state index >= 15 is 0 Å². The van der Waals surface area contributed by atoms with Crippen molar-refractivity contribution in [2.75, 3.05) is 11.5 Å². The smallest absolute Gasteiger partial charge is 0.260 e. The van der Waals surface area contributed by atoms with E-state index < -0.39 is 0 Å². The molecule has 2 aromatic carbocycles. The molecule has 4 rings (SSSR count). The zero-order valence-corrected chi connectivity index (χ0v) is 16.2. The van der Waals surface area contributed by atoms with Crippen molar-refractivity contribution in [2.45, 2.75) is 13.5 Å². The Kier molecular flexibility index (Phi) is 5.30. The van der Waals surface area contributed by atoms with Crippen molar-refractivity contribution in [3.63, 3.8) is 0 Å². The first-order chi connectivity index (χ1) is 13.7. The van der Waals surface area contributed by atoms with Crippen molar-refractivity contribution < 1.29 is 9.53 Å². The minimum Gasteiger partial charge on any atom is -0.494 e. The van der Waals surface area contributed by atoms with Gasteiger partial charge in [0.1, 0.15) is 5.75 Å². The third kappa shape index (κ3) is 3.87. The van der Waals surface area contributed by atoms with Crippen molar-refractivity contribution in [3.8, 4) is 5.75 Å². The standard InChI is InChI=1S/C22H19N3O2S/c1-2-27-18-8-9-19-20(14-18)28-22(24-19)25(15-16-6-4-3-5-7-16)21(26)17-10-12-23-13-11-17/h3-14H,2,15H2,1H3. The SMILES string of the molecule is CCOc1ccc2nc(N(Cc3ccccc3)C(=O)c3ccncc3)sc2c1. The van der Waals surface area contributed by atoms with E-state index in [1.807, 2.05) is 55.5 Å². The lowest BCUT2D eigenvalue weighted by atomic mass is 10.2. The van der Waals surface area contributed by atoms with Gasteiger partial charge < -0.3 is 4.74 Å². The van der Waals surface area contributed by atoms with Gasteiger partial charge in [0.05, 0.1) is 23.4 Å². The first-order valence-electron chi connectivity index (χ1n) is 9.04. The van der Waals surface area contributed by atoms with Gasteiger partial charge in [-0.2, -0.15) is 0 Å². The Morgan fingerprint density at radius 3 is 2.61 bits per heavy atom. The number of fused-ring (bicyclic) bond motifs is 1. The van der Waals surface area contributed by atoms with Crippen molar-refractivity contribution in [2.24, 2.45) is 0 Å². The number of pyridine rings is 1. The second kappa shape index (κ2) is 8.19. The van der Waals surface area contributed by atoms with E-state index in [1.165, 1.54) is 11.3 Å². The summed E-state index contributed by atoms with van der Waals surface area (Å²) in [6, 6.07) is 19.2. The van der Waals surface area contributed by atoms with Crippen LogP contribution in [0.4, 0.5) is 5.13 Å². The average Bonchev–Trinajstić information content (AvgIpc) is 3.16. The number of benzene rings is 2. The largest absolute Gasteiger partial charge is 0.494 e. The molecule has 0 spiro atoms. The van der Waals surface area contributed by atoms with Crippen LogP contribution < -0.4 is 9.64 Å². The summed E-state index contributed by atoms with van der Waals surface area (Å²) in [7, 11) is 0. The van der Waals surface area contributed by atoms with E-state index in [9.17, 15) is 4.79 Å². The van der Waals surface area contributed by atoms with E-state index in [4.69, 9.17) is 9.72 Å². The van der Waals surface area contributed by atoms with Gasteiger partial charge in [0.2, 0.25) is 0 Å². The molecule has 0 unspecified atom stereocenters. The highest BCUT2D eigenvalue weighted by Gasteiger charge is 2.22. The summed E-state index contributed by atoms with van der Waals surface area (Å²) in [5.74, 6) is 0.704. The van der Waals surface area contributed by atoms with Gasteiger partial charge in [-0.1, -0.05) is 41.7 Å². The number of rotatable bonds is 6. The molecule has 1 amide bonds. The molecule has 4 aromatic rings. The number of hydrogen-bond acceptors (Lipinski definition) is 5. The fourth-order valence-electron chi connectivity index (χ4n) is 2.91. The summed E-state index contributed by atoms with van der Waals surface area (Å²) in [6.45, 7) is 3.01. The number of aromatic nitrogens is 2. The Morgan fingerprint density at radius 2 is 1.86 bits per heavy atom. The zero-order chi connectivity index (χ0) is 19.3. The highest BCUT2D eigenvalue weighted by atomic mass is 32.1. The highest BCUT2D eigenvalue weighted by molar-refractivity contribution is 7.22. The predicted molar refractivity (Wildman–Crippen MR) is 112 cm³/mol. The molecule has 0 saturated heterocycles. The summed E-state index contributed by atoms with van der Waals surface area (Å²) in [5.41, 5.74) is 2.48. The minimum atomic E-state index is -0.102. The molecule has 0 aliphatic carbocycles. The molecule has 140 valence electrons. The molecular weight excluding hydrogens is 370 g/mol. The molecule has 5 nitrogen and oxygen atoms in total. The maximum Gasteiger partial charge on any atom is 0.260 e. The Balaban J connectivity index is 1.74. The van der Waals surface area contributed by atoms with Crippen LogP contribution in [-0.2, 0) is 6.54 Å². The molecule has 2 aromatic heterocycles. The molecule has 0 radical (unpaired) electrons. The van der Waals surface area contributed by atoms with Crippen LogP contribution in [-0.4, -0.2) is 22.5 Å². The van der Waals surface area contributed by atoms with Gasteiger partial charge in [-0.25, -0.2) is 4.98 Å². The van der Waals surface area contributed by atoms with Gasteiger partial charge in [-0.3, -0.25) is 14.7 Å². The van der Waals surface area contributed by atoms with Gasteiger partial charge >= 0.3 is 0 Å². The molecule has 0 saturated carbocycles. The van der Waals surface area contributed by atoms with Crippen molar-refractivity contribution in [1.82, 2.24) is 9.97 Å². The van der Waals surface area contributed by atoms with Crippen LogP contribution in [0.1, 0.15) is 22.8 Å². The maximum atomic E-state index is 13.2. The summed E-state index contributed by atoms with van der Waals surface area (Å²) in [5, 5.41) is 0.661. The van der Waals surface area contributed by atoms with Gasteiger partial charge in [0.15, 0.2) is 5.13 Å². The van der Waals surface area contributed by atoms with Crippen LogP contribution in [0, 0.1) is 0 Å². The van der Waals surface area contributed by atoms with E-state index in [0.717, 1.165) is 21.5 Å². The lowest BCUT2D eigenvalue weighted by molar-refractivity contribution is 0.0985. The van der Waals surface area contributed by atoms with E-state index in [0.29, 0.717) is 23.8 Å². The van der Waals surface area contributed by atoms with Crippen molar-refractivity contribution in [3.05, 3.63) is 84.2 Å². The fraction of sp³-hybridized carbons (Fsp3) is 0.136. The number of ether oxygens (including phenoxy) is 1. The van der Waals surface area contributed by atoms with Gasteiger partial charge in [-0.15, -0.1) is 0 Å². The van der Waals surface area contributed by atoms with Gasteiger partial charge in [-0.05, 0) is 42.8 Å². The average molecular weight is 389 g/mol. The Hall–Kier alpha value is -3.25. The molecule has 6 heteroatoms. The Bertz CT molecular complexity index is 1080. The third-order valence-electron chi connectivity index (χ3n) is 4.25. The van der Waals surface area contributed by atoms with Crippen LogP contribution >= 0.6 is 11.3 Å². The van der Waals surface area contributed by atoms with E-state index in [1.54, 1.807) is 29.4 Å². The van der Waals surface area contributed by atoms with Crippen molar-refractivity contribution in [1.29, 1.82) is 0 Å². The summed E-state index contributed by atoms with van der Waals surface area (Å²) >= 11 is 1.49. The predicted octanol–water partition coefficient (Wildman–Crippen LogP) is 4.94. The zero-order valence-electron chi connectivity index (χ0n) is 15.4. The molecule has 2 heterocycles. The third-order valence-corrected chi connectivity index (χ3v) is 5.29. The molecular formula is C22H19N3O2S. The molecule has 0 aliphatic rings. The Morgan fingerprint density at radius 1 is 1.07 bits per heavy atom. The number of carbonyl (C=O) groups excluding carboxylic acids is 1. The monoisotopic (exact) mass is 389 g/mol. The number of anilines is 1. The number of amides is 1. The lowest BCUT2D eigenvalue weighted by Crippen LogP contribution is -2.30. The van der Waals surface area contributed by atoms with Crippen LogP contribution in [0.2, 0.25) is 0 Å². The number of thiazole rings is 1. The van der Waals surface area contributed by atoms with Crippen LogP contribution in [0.25, 0.3) is 10.2 Å². The van der Waals surface area contributed by atoms with Gasteiger partial charge in [0, 0.05) is 18.0 Å². The maximum absolute atomic E-state index is 13.2.